The second-order valence-corrected chi connectivity index (χ2v) is 5.84. The van der Waals surface area contributed by atoms with E-state index < -0.39 is 16.6 Å². The number of benzene rings is 2. The topological polar surface area (TPSA) is 97.1 Å². The highest BCUT2D eigenvalue weighted by Crippen LogP contribution is 2.34. The third-order valence-electron chi connectivity index (χ3n) is 3.32. The molecular formula is C17H16BrNO7. The number of carbonyl (C=O) groups excluding carboxylic acids is 1. The molecule has 0 N–H and O–H groups in total. The maximum atomic E-state index is 12.2. The van der Waals surface area contributed by atoms with Crippen LogP contribution in [0.1, 0.15) is 10.4 Å². The lowest BCUT2D eigenvalue weighted by Crippen LogP contribution is -2.14. The second-order valence-electron chi connectivity index (χ2n) is 4.92. The molecule has 0 aliphatic heterocycles. The fourth-order valence-corrected chi connectivity index (χ4v) is 2.35. The molecule has 0 radical (unpaired) electrons. The van der Waals surface area contributed by atoms with Crippen molar-refractivity contribution in [3.8, 4) is 17.2 Å². The molecule has 9 heteroatoms. The van der Waals surface area contributed by atoms with Crippen molar-refractivity contribution in [2.24, 2.45) is 0 Å². The van der Waals surface area contributed by atoms with Crippen LogP contribution in [0, 0.1) is 10.1 Å². The van der Waals surface area contributed by atoms with E-state index in [1.54, 1.807) is 12.1 Å². The normalized spacial score (nSPS) is 10.1. The highest BCUT2D eigenvalue weighted by molar-refractivity contribution is 9.10. The summed E-state index contributed by atoms with van der Waals surface area (Å²) in [4.78, 5) is 22.7. The van der Waals surface area contributed by atoms with Crippen LogP contribution in [0.15, 0.2) is 40.9 Å². The van der Waals surface area contributed by atoms with Crippen LogP contribution in [0.3, 0.4) is 0 Å². The molecule has 0 amide bonds. The van der Waals surface area contributed by atoms with Gasteiger partial charge in [0.15, 0.2) is 11.5 Å². The second kappa shape index (κ2) is 9.04. The van der Waals surface area contributed by atoms with E-state index in [0.717, 1.165) is 10.5 Å². The molecule has 26 heavy (non-hydrogen) atoms. The number of carbonyl (C=O) groups is 1. The molecule has 2 aromatic carbocycles. The largest absolute Gasteiger partial charge is 0.493 e. The number of esters is 1. The lowest BCUT2D eigenvalue weighted by atomic mass is 10.1. The quantitative estimate of drug-likeness (QED) is 0.275. The van der Waals surface area contributed by atoms with Crippen molar-refractivity contribution < 1.29 is 28.7 Å². The summed E-state index contributed by atoms with van der Waals surface area (Å²) in [5.74, 6) is 0.101. The predicted octanol–water partition coefficient (Wildman–Crippen LogP) is 3.61. The van der Waals surface area contributed by atoms with Crippen molar-refractivity contribution in [2.45, 2.75) is 0 Å². The Kier molecular flexibility index (Phi) is 6.79. The Morgan fingerprint density at radius 2 is 1.69 bits per heavy atom. The van der Waals surface area contributed by atoms with Gasteiger partial charge in [-0.1, -0.05) is 15.9 Å². The van der Waals surface area contributed by atoms with Crippen LogP contribution in [-0.2, 0) is 4.74 Å². The van der Waals surface area contributed by atoms with Gasteiger partial charge in [0.05, 0.1) is 25.2 Å². The predicted molar refractivity (Wildman–Crippen MR) is 96.1 cm³/mol. The van der Waals surface area contributed by atoms with E-state index in [1.165, 1.54) is 20.3 Å². The van der Waals surface area contributed by atoms with Gasteiger partial charge in [0.1, 0.15) is 24.5 Å². The van der Waals surface area contributed by atoms with E-state index in [9.17, 15) is 14.9 Å². The monoisotopic (exact) mass is 425 g/mol. The van der Waals surface area contributed by atoms with E-state index in [1.807, 2.05) is 12.1 Å². The maximum Gasteiger partial charge on any atom is 0.345 e. The third kappa shape index (κ3) is 4.85. The highest BCUT2D eigenvalue weighted by atomic mass is 79.9. The number of halogens is 1. The molecular weight excluding hydrogens is 410 g/mol. The summed E-state index contributed by atoms with van der Waals surface area (Å²) >= 11 is 3.31. The van der Waals surface area contributed by atoms with Crippen molar-refractivity contribution in [3.05, 3.63) is 56.5 Å². The lowest BCUT2D eigenvalue weighted by molar-refractivity contribution is -0.385. The minimum atomic E-state index is -0.850. The van der Waals surface area contributed by atoms with E-state index in [2.05, 4.69) is 15.9 Å². The number of rotatable bonds is 8. The van der Waals surface area contributed by atoms with Crippen molar-refractivity contribution >= 4 is 27.6 Å². The zero-order valence-electron chi connectivity index (χ0n) is 14.1. The first-order valence-electron chi connectivity index (χ1n) is 7.42. The van der Waals surface area contributed by atoms with E-state index in [-0.39, 0.29) is 30.3 Å². The van der Waals surface area contributed by atoms with Crippen LogP contribution in [0.5, 0.6) is 17.2 Å². The smallest absolute Gasteiger partial charge is 0.345 e. The number of methoxy groups -OCH3 is 2. The standard InChI is InChI=1S/C17H16BrNO7/c1-23-15-9-13(14(19(21)22)10-16(15)24-2)17(20)26-8-7-25-12-5-3-11(18)4-6-12/h3-6,9-10H,7-8H2,1-2H3. The Bertz CT molecular complexity index is 792. The van der Waals surface area contributed by atoms with Crippen LogP contribution in [0.2, 0.25) is 0 Å². The first kappa shape index (κ1) is 19.5. The summed E-state index contributed by atoms with van der Waals surface area (Å²) in [5.41, 5.74) is -0.655. The van der Waals surface area contributed by atoms with Gasteiger partial charge in [-0.15, -0.1) is 0 Å². The van der Waals surface area contributed by atoms with Gasteiger partial charge in [0.25, 0.3) is 5.69 Å². The average molecular weight is 426 g/mol. The summed E-state index contributed by atoms with van der Waals surface area (Å²) < 4.78 is 21.5. The van der Waals surface area contributed by atoms with Gasteiger partial charge in [0.2, 0.25) is 0 Å². The van der Waals surface area contributed by atoms with Gasteiger partial charge in [-0.05, 0) is 24.3 Å². The number of nitro benzene ring substituents is 1. The van der Waals surface area contributed by atoms with Crippen molar-refractivity contribution in [3.63, 3.8) is 0 Å². The Morgan fingerprint density at radius 1 is 1.08 bits per heavy atom. The number of hydrogen-bond acceptors (Lipinski definition) is 7. The lowest BCUT2D eigenvalue weighted by Gasteiger charge is -2.11. The van der Waals surface area contributed by atoms with Crippen LogP contribution < -0.4 is 14.2 Å². The SMILES string of the molecule is COc1cc(C(=O)OCCOc2ccc(Br)cc2)c([N+](=O)[O-])cc1OC. The number of nitrogens with zero attached hydrogens (tertiary/aromatic N) is 1. The van der Waals surface area contributed by atoms with E-state index in [4.69, 9.17) is 18.9 Å². The zero-order valence-corrected chi connectivity index (χ0v) is 15.6. The van der Waals surface area contributed by atoms with E-state index in [0.29, 0.717) is 5.75 Å². The molecule has 0 aromatic heterocycles. The molecule has 0 fully saturated rings. The summed E-state index contributed by atoms with van der Waals surface area (Å²) in [5, 5.41) is 11.2. The fraction of sp³-hybridized carbons (Fsp3) is 0.235. The van der Waals surface area contributed by atoms with Gasteiger partial charge in [0, 0.05) is 10.5 Å². The Morgan fingerprint density at radius 3 is 2.27 bits per heavy atom. The van der Waals surface area contributed by atoms with Crippen LogP contribution in [0.4, 0.5) is 5.69 Å². The van der Waals surface area contributed by atoms with Gasteiger partial charge >= 0.3 is 5.97 Å². The van der Waals surface area contributed by atoms with Gasteiger partial charge in [-0.2, -0.15) is 0 Å². The molecule has 0 saturated carbocycles. The van der Waals surface area contributed by atoms with Gasteiger partial charge < -0.3 is 18.9 Å². The maximum absolute atomic E-state index is 12.2. The fourth-order valence-electron chi connectivity index (χ4n) is 2.09. The molecule has 0 unspecified atom stereocenters. The molecule has 0 atom stereocenters. The highest BCUT2D eigenvalue weighted by Gasteiger charge is 2.25. The van der Waals surface area contributed by atoms with Crippen molar-refractivity contribution in [2.75, 3.05) is 27.4 Å². The summed E-state index contributed by atoms with van der Waals surface area (Å²) in [6.07, 6.45) is 0. The van der Waals surface area contributed by atoms with Gasteiger partial charge in [-0.25, -0.2) is 4.79 Å². The third-order valence-corrected chi connectivity index (χ3v) is 3.85. The molecule has 0 heterocycles. The number of nitro groups is 1. The molecule has 0 spiro atoms. The summed E-state index contributed by atoms with van der Waals surface area (Å²) in [6.45, 7) is 0.0366. The van der Waals surface area contributed by atoms with Crippen molar-refractivity contribution in [1.82, 2.24) is 0 Å². The Labute approximate surface area is 157 Å². The minimum Gasteiger partial charge on any atom is -0.493 e. The average Bonchev–Trinajstić information content (AvgIpc) is 2.65. The minimum absolute atomic E-state index is 0.0691. The van der Waals surface area contributed by atoms with Crippen LogP contribution >= 0.6 is 15.9 Å². The number of hydrogen-bond donors (Lipinski definition) is 0. The molecule has 0 aliphatic rings. The number of ether oxygens (including phenoxy) is 4. The van der Waals surface area contributed by atoms with Crippen molar-refractivity contribution in [1.29, 1.82) is 0 Å². The molecule has 8 nitrogen and oxygen atoms in total. The molecule has 0 saturated heterocycles. The molecule has 0 aliphatic carbocycles. The molecule has 2 aromatic rings. The Balaban J connectivity index is 2.03. The Hall–Kier alpha value is -2.81. The summed E-state index contributed by atoms with van der Waals surface area (Å²) in [6, 6.07) is 9.47. The van der Waals surface area contributed by atoms with Crippen LogP contribution in [-0.4, -0.2) is 38.3 Å². The van der Waals surface area contributed by atoms with Crippen LogP contribution in [0.25, 0.3) is 0 Å². The molecule has 0 bridgehead atoms. The zero-order chi connectivity index (χ0) is 19.1. The van der Waals surface area contributed by atoms with Gasteiger partial charge in [-0.3, -0.25) is 10.1 Å². The summed E-state index contributed by atoms with van der Waals surface area (Å²) in [7, 11) is 2.71. The molecule has 138 valence electrons. The first-order valence-corrected chi connectivity index (χ1v) is 8.21. The first-order chi connectivity index (χ1) is 12.5. The van der Waals surface area contributed by atoms with E-state index >= 15 is 0 Å². The molecule has 2 rings (SSSR count).